The monoisotopic (exact) mass is 347 g/mol. The Balaban J connectivity index is 2.28. The minimum atomic E-state index is -0.961. The van der Waals surface area contributed by atoms with Crippen LogP contribution in [-0.2, 0) is 16.0 Å². The lowest BCUT2D eigenvalue weighted by Crippen LogP contribution is -2.40. The summed E-state index contributed by atoms with van der Waals surface area (Å²) in [6, 6.07) is 3.26. The van der Waals surface area contributed by atoms with Gasteiger partial charge in [-0.25, -0.2) is 4.79 Å². The summed E-state index contributed by atoms with van der Waals surface area (Å²) < 4.78 is 1.08. The first-order chi connectivity index (χ1) is 9.02. The minimum absolute atomic E-state index is 0.184. The first-order valence-electron chi connectivity index (χ1n) is 6.29. The van der Waals surface area contributed by atoms with Gasteiger partial charge in [0.2, 0.25) is 5.91 Å². The van der Waals surface area contributed by atoms with Gasteiger partial charge in [0, 0.05) is 11.3 Å². The van der Waals surface area contributed by atoms with Crippen molar-refractivity contribution in [1.29, 1.82) is 0 Å². The number of hydrogen-bond donors (Lipinski definition) is 2. The lowest BCUT2D eigenvalue weighted by atomic mass is 10.1. The quantitative estimate of drug-likeness (QED) is 0.758. The Labute approximate surface area is 125 Å². The highest BCUT2D eigenvalue weighted by Crippen LogP contribution is 2.23. The SMILES string of the molecule is CCCC(NC(=O)CCCc1ccc(Br)s1)C(=O)O. The molecule has 6 heteroatoms. The van der Waals surface area contributed by atoms with Crippen LogP contribution < -0.4 is 5.32 Å². The van der Waals surface area contributed by atoms with Gasteiger partial charge in [-0.05, 0) is 47.3 Å². The summed E-state index contributed by atoms with van der Waals surface area (Å²) in [4.78, 5) is 23.8. The van der Waals surface area contributed by atoms with E-state index in [1.54, 1.807) is 11.3 Å². The molecule has 1 aromatic heterocycles. The molecule has 0 aliphatic heterocycles. The highest BCUT2D eigenvalue weighted by atomic mass is 79.9. The Kier molecular flexibility index (Phi) is 7.09. The first-order valence-corrected chi connectivity index (χ1v) is 7.90. The lowest BCUT2D eigenvalue weighted by molar-refractivity contribution is -0.142. The molecule has 0 aromatic carbocycles. The van der Waals surface area contributed by atoms with Crippen LogP contribution in [0.4, 0.5) is 0 Å². The molecule has 19 heavy (non-hydrogen) atoms. The van der Waals surface area contributed by atoms with Crippen LogP contribution in [0.3, 0.4) is 0 Å². The Morgan fingerprint density at radius 1 is 1.47 bits per heavy atom. The molecule has 0 saturated heterocycles. The first kappa shape index (κ1) is 16.2. The molecule has 0 fully saturated rings. The third-order valence-electron chi connectivity index (χ3n) is 2.67. The molecule has 1 heterocycles. The van der Waals surface area contributed by atoms with E-state index in [1.165, 1.54) is 4.88 Å². The van der Waals surface area contributed by atoms with Crippen molar-refractivity contribution in [3.05, 3.63) is 20.8 Å². The lowest BCUT2D eigenvalue weighted by Gasteiger charge is -2.13. The third kappa shape index (κ3) is 6.20. The second-order valence-electron chi connectivity index (χ2n) is 4.31. The van der Waals surface area contributed by atoms with Crippen molar-refractivity contribution in [2.24, 2.45) is 0 Å². The maximum absolute atomic E-state index is 11.6. The standard InChI is InChI=1S/C13H18BrNO3S/c1-2-4-10(13(17)18)15-12(16)6-3-5-9-7-8-11(14)19-9/h7-8,10H,2-6H2,1H3,(H,15,16)(H,17,18). The molecule has 1 aromatic rings. The molecule has 4 nitrogen and oxygen atoms in total. The summed E-state index contributed by atoms with van der Waals surface area (Å²) >= 11 is 5.05. The Hall–Kier alpha value is -0.880. The van der Waals surface area contributed by atoms with Gasteiger partial charge in [-0.15, -0.1) is 11.3 Å². The van der Waals surface area contributed by atoms with Crippen molar-refractivity contribution in [2.75, 3.05) is 0 Å². The highest BCUT2D eigenvalue weighted by molar-refractivity contribution is 9.11. The van der Waals surface area contributed by atoms with Crippen molar-refractivity contribution < 1.29 is 14.7 Å². The van der Waals surface area contributed by atoms with Gasteiger partial charge in [0.1, 0.15) is 6.04 Å². The summed E-state index contributed by atoms with van der Waals surface area (Å²) in [5.41, 5.74) is 0. The van der Waals surface area contributed by atoms with Gasteiger partial charge < -0.3 is 10.4 Å². The Morgan fingerprint density at radius 3 is 2.74 bits per heavy atom. The van der Waals surface area contributed by atoms with Gasteiger partial charge in [0.25, 0.3) is 0 Å². The topological polar surface area (TPSA) is 66.4 Å². The fraction of sp³-hybridized carbons (Fsp3) is 0.538. The highest BCUT2D eigenvalue weighted by Gasteiger charge is 2.18. The number of carbonyl (C=O) groups excluding carboxylic acids is 1. The maximum atomic E-state index is 11.6. The number of hydrogen-bond acceptors (Lipinski definition) is 3. The van der Waals surface area contributed by atoms with Crippen LogP contribution in [-0.4, -0.2) is 23.0 Å². The number of nitrogens with one attached hydrogen (secondary N) is 1. The molecule has 0 bridgehead atoms. The van der Waals surface area contributed by atoms with Crippen molar-refractivity contribution >= 4 is 39.1 Å². The van der Waals surface area contributed by atoms with Crippen molar-refractivity contribution in [3.63, 3.8) is 0 Å². The van der Waals surface area contributed by atoms with Crippen LogP contribution >= 0.6 is 27.3 Å². The van der Waals surface area contributed by atoms with Crippen LogP contribution in [0.25, 0.3) is 0 Å². The second kappa shape index (κ2) is 8.32. The fourth-order valence-corrected chi connectivity index (χ4v) is 3.25. The summed E-state index contributed by atoms with van der Waals surface area (Å²) in [5.74, 6) is -1.14. The summed E-state index contributed by atoms with van der Waals surface area (Å²) in [6.07, 6.45) is 3.15. The molecular weight excluding hydrogens is 330 g/mol. The van der Waals surface area contributed by atoms with Crippen LogP contribution in [0.15, 0.2) is 15.9 Å². The van der Waals surface area contributed by atoms with E-state index in [9.17, 15) is 9.59 Å². The number of carboxylic acid groups (broad SMARTS) is 1. The van der Waals surface area contributed by atoms with E-state index in [1.807, 2.05) is 19.1 Å². The van der Waals surface area contributed by atoms with E-state index in [4.69, 9.17) is 5.11 Å². The molecule has 106 valence electrons. The molecule has 1 atom stereocenters. The van der Waals surface area contributed by atoms with E-state index in [0.29, 0.717) is 12.8 Å². The fourth-order valence-electron chi connectivity index (χ4n) is 1.72. The van der Waals surface area contributed by atoms with E-state index >= 15 is 0 Å². The number of amides is 1. The number of aryl methyl sites for hydroxylation is 1. The smallest absolute Gasteiger partial charge is 0.326 e. The summed E-state index contributed by atoms with van der Waals surface area (Å²) in [6.45, 7) is 1.90. The van der Waals surface area contributed by atoms with Gasteiger partial charge in [0.05, 0.1) is 3.79 Å². The van der Waals surface area contributed by atoms with Crippen molar-refractivity contribution in [1.82, 2.24) is 5.32 Å². The number of carbonyl (C=O) groups is 2. The molecule has 0 aliphatic rings. The number of halogens is 1. The molecule has 2 N–H and O–H groups in total. The zero-order valence-electron chi connectivity index (χ0n) is 10.8. The number of carboxylic acids is 1. The van der Waals surface area contributed by atoms with E-state index in [2.05, 4.69) is 21.2 Å². The predicted octanol–water partition coefficient (Wildman–Crippen LogP) is 3.20. The second-order valence-corrected chi connectivity index (χ2v) is 6.85. The Morgan fingerprint density at radius 2 is 2.21 bits per heavy atom. The maximum Gasteiger partial charge on any atom is 0.326 e. The molecular formula is C13H18BrNO3S. The summed E-state index contributed by atoms with van der Waals surface area (Å²) in [5, 5.41) is 11.5. The van der Waals surface area contributed by atoms with Gasteiger partial charge in [0.15, 0.2) is 0 Å². The minimum Gasteiger partial charge on any atom is -0.480 e. The zero-order valence-corrected chi connectivity index (χ0v) is 13.2. The molecule has 0 saturated carbocycles. The average molecular weight is 348 g/mol. The van der Waals surface area contributed by atoms with Crippen LogP contribution in [0.5, 0.6) is 0 Å². The normalized spacial score (nSPS) is 12.1. The average Bonchev–Trinajstić information content (AvgIpc) is 2.74. The van der Waals surface area contributed by atoms with Crippen molar-refractivity contribution in [3.8, 4) is 0 Å². The van der Waals surface area contributed by atoms with Gasteiger partial charge in [-0.2, -0.15) is 0 Å². The van der Waals surface area contributed by atoms with Crippen molar-refractivity contribution in [2.45, 2.75) is 45.1 Å². The van der Waals surface area contributed by atoms with E-state index < -0.39 is 12.0 Å². The Bertz CT molecular complexity index is 433. The van der Waals surface area contributed by atoms with Gasteiger partial charge in [-0.1, -0.05) is 13.3 Å². The number of rotatable bonds is 8. The number of thiophene rings is 1. The largest absolute Gasteiger partial charge is 0.480 e. The van der Waals surface area contributed by atoms with Gasteiger partial charge >= 0.3 is 5.97 Å². The van der Waals surface area contributed by atoms with Crippen LogP contribution in [0.2, 0.25) is 0 Å². The van der Waals surface area contributed by atoms with Crippen LogP contribution in [0, 0.1) is 0 Å². The summed E-state index contributed by atoms with van der Waals surface area (Å²) in [7, 11) is 0. The van der Waals surface area contributed by atoms with E-state index in [0.717, 1.165) is 23.0 Å². The molecule has 1 rings (SSSR count). The van der Waals surface area contributed by atoms with E-state index in [-0.39, 0.29) is 5.91 Å². The third-order valence-corrected chi connectivity index (χ3v) is 4.35. The molecule has 0 aliphatic carbocycles. The van der Waals surface area contributed by atoms with Gasteiger partial charge in [-0.3, -0.25) is 4.79 Å². The molecule has 0 radical (unpaired) electrons. The molecule has 1 amide bonds. The van der Waals surface area contributed by atoms with Crippen LogP contribution in [0.1, 0.15) is 37.5 Å². The number of aliphatic carboxylic acids is 1. The molecule has 1 unspecified atom stereocenters. The zero-order chi connectivity index (χ0) is 14.3. The molecule has 0 spiro atoms. The predicted molar refractivity (Wildman–Crippen MR) is 79.4 cm³/mol.